The molecule has 2 N–H and O–H groups in total. The molecule has 3 rings (SSSR count). The normalized spacial score (nSPS) is 16.1. The van der Waals surface area contributed by atoms with E-state index in [1.54, 1.807) is 38.1 Å². The smallest absolute Gasteiger partial charge is 0.279 e. The number of carbonyl (C=O) groups excluding carboxylic acids is 1. The number of hydrogen-bond acceptors (Lipinski definition) is 5. The number of amides is 1. The largest absolute Gasteiger partial charge is 0.485 e. The number of sulfonamides is 1. The number of carbonyl (C=O) groups is 1. The van der Waals surface area contributed by atoms with Gasteiger partial charge in [0.2, 0.25) is 6.10 Å². The lowest BCUT2D eigenvalue weighted by molar-refractivity contribution is -0.130. The number of hydrazine groups is 1. The summed E-state index contributed by atoms with van der Waals surface area (Å²) in [7, 11) is -3.94. The van der Waals surface area contributed by atoms with Gasteiger partial charge in [-0.3, -0.25) is 10.2 Å². The topological polar surface area (TPSA) is 93.7 Å². The van der Waals surface area contributed by atoms with E-state index in [4.69, 9.17) is 9.47 Å². The summed E-state index contributed by atoms with van der Waals surface area (Å²) < 4.78 is 36.6. The van der Waals surface area contributed by atoms with Gasteiger partial charge in [0.25, 0.3) is 15.9 Å². The minimum Gasteiger partial charge on any atom is -0.485 e. The van der Waals surface area contributed by atoms with Crippen LogP contribution in [0.15, 0.2) is 35.2 Å². The molecule has 0 bridgehead atoms. The van der Waals surface area contributed by atoms with E-state index in [9.17, 15) is 13.2 Å². The highest BCUT2D eigenvalue weighted by atomic mass is 32.2. The van der Waals surface area contributed by atoms with E-state index in [-0.39, 0.29) is 11.5 Å². The van der Waals surface area contributed by atoms with Crippen molar-refractivity contribution in [2.75, 3.05) is 6.61 Å². The average molecular weight is 390 g/mol. The number of fused-ring (bicyclic) bond motifs is 1. The molecule has 0 saturated carbocycles. The molecule has 8 heteroatoms. The second-order valence-electron chi connectivity index (χ2n) is 6.55. The highest BCUT2D eigenvalue weighted by Gasteiger charge is 2.29. The fraction of sp³-hybridized carbons (Fsp3) is 0.316. The van der Waals surface area contributed by atoms with Crippen LogP contribution < -0.4 is 19.7 Å². The van der Waals surface area contributed by atoms with Crippen LogP contribution in [0.2, 0.25) is 0 Å². The molecule has 1 aliphatic rings. The Morgan fingerprint density at radius 3 is 2.26 bits per heavy atom. The number of hydrogen-bond donors (Lipinski definition) is 2. The number of para-hydroxylation sites is 2. The first-order valence-electron chi connectivity index (χ1n) is 8.48. The van der Waals surface area contributed by atoms with Crippen molar-refractivity contribution in [2.24, 2.45) is 0 Å². The highest BCUT2D eigenvalue weighted by Crippen LogP contribution is 2.31. The van der Waals surface area contributed by atoms with Crippen molar-refractivity contribution < 1.29 is 22.7 Å². The molecule has 0 radical (unpaired) electrons. The number of rotatable bonds is 4. The molecule has 0 saturated heterocycles. The molecule has 1 atom stereocenters. The summed E-state index contributed by atoms with van der Waals surface area (Å²) in [5.41, 5.74) is 5.25. The second-order valence-corrected chi connectivity index (χ2v) is 8.17. The molecule has 144 valence electrons. The number of nitrogens with one attached hydrogen (secondary N) is 2. The van der Waals surface area contributed by atoms with Crippen molar-refractivity contribution in [3.05, 3.63) is 52.6 Å². The fourth-order valence-electron chi connectivity index (χ4n) is 2.98. The number of benzene rings is 2. The maximum absolute atomic E-state index is 12.8. The van der Waals surface area contributed by atoms with Gasteiger partial charge in [0.1, 0.15) is 6.61 Å². The fourth-order valence-corrected chi connectivity index (χ4v) is 4.45. The Hall–Kier alpha value is -2.58. The predicted octanol–water partition coefficient (Wildman–Crippen LogP) is 2.07. The van der Waals surface area contributed by atoms with Gasteiger partial charge in [-0.05, 0) is 62.1 Å². The van der Waals surface area contributed by atoms with Gasteiger partial charge in [-0.15, -0.1) is 4.83 Å². The van der Waals surface area contributed by atoms with Crippen molar-refractivity contribution in [3.63, 3.8) is 0 Å². The van der Waals surface area contributed by atoms with Crippen LogP contribution in [0.3, 0.4) is 0 Å². The lowest BCUT2D eigenvalue weighted by Crippen LogP contribution is -2.50. The van der Waals surface area contributed by atoms with E-state index in [1.165, 1.54) is 0 Å². The monoisotopic (exact) mass is 390 g/mol. The summed E-state index contributed by atoms with van der Waals surface area (Å²) in [6, 6.07) is 8.91. The van der Waals surface area contributed by atoms with E-state index in [0.29, 0.717) is 22.6 Å². The van der Waals surface area contributed by atoms with E-state index in [1.807, 2.05) is 19.9 Å². The van der Waals surface area contributed by atoms with Gasteiger partial charge in [-0.2, -0.15) is 0 Å². The van der Waals surface area contributed by atoms with Crippen LogP contribution in [0, 0.1) is 27.7 Å². The zero-order valence-corrected chi connectivity index (χ0v) is 16.4. The Morgan fingerprint density at radius 2 is 1.63 bits per heavy atom. The first kappa shape index (κ1) is 19.2. The van der Waals surface area contributed by atoms with E-state index in [0.717, 1.165) is 11.1 Å². The molecule has 7 nitrogen and oxygen atoms in total. The third-order valence-corrected chi connectivity index (χ3v) is 6.20. The molecule has 1 amide bonds. The van der Waals surface area contributed by atoms with Crippen LogP contribution in [-0.2, 0) is 14.8 Å². The minimum atomic E-state index is -3.94. The van der Waals surface area contributed by atoms with Crippen molar-refractivity contribution >= 4 is 15.9 Å². The molecular weight excluding hydrogens is 368 g/mol. The molecule has 1 unspecified atom stereocenters. The van der Waals surface area contributed by atoms with Gasteiger partial charge in [0, 0.05) is 0 Å². The molecule has 0 aromatic heterocycles. The van der Waals surface area contributed by atoms with Crippen LogP contribution in [-0.4, -0.2) is 27.0 Å². The summed E-state index contributed by atoms with van der Waals surface area (Å²) in [5.74, 6) is 0.351. The summed E-state index contributed by atoms with van der Waals surface area (Å²) >= 11 is 0. The van der Waals surface area contributed by atoms with Crippen LogP contribution in [0.1, 0.15) is 22.3 Å². The molecular formula is C19H22N2O5S. The molecule has 1 heterocycles. The zero-order valence-electron chi connectivity index (χ0n) is 15.6. The standard InChI is InChI=1S/C19H22N2O5S/c1-11-9-12(2)14(4)18(13(11)3)27(23,24)21-20-19(22)17-10-25-15-7-5-6-8-16(15)26-17/h5-9,17,21H,10H2,1-4H3,(H,20,22). The molecule has 0 aliphatic carbocycles. The Bertz CT molecular complexity index is 975. The molecule has 2 aromatic carbocycles. The lowest BCUT2D eigenvalue weighted by Gasteiger charge is -2.25. The zero-order chi connectivity index (χ0) is 19.8. The van der Waals surface area contributed by atoms with E-state index in [2.05, 4.69) is 10.3 Å². The molecule has 2 aromatic rings. The Morgan fingerprint density at radius 1 is 1.04 bits per heavy atom. The first-order chi connectivity index (χ1) is 12.7. The molecule has 0 spiro atoms. The van der Waals surface area contributed by atoms with Crippen LogP contribution >= 0.6 is 0 Å². The van der Waals surface area contributed by atoms with Gasteiger partial charge in [0.15, 0.2) is 11.5 Å². The summed E-state index contributed by atoms with van der Waals surface area (Å²) in [5, 5.41) is 0. The van der Waals surface area contributed by atoms with E-state index < -0.39 is 22.0 Å². The lowest BCUT2D eigenvalue weighted by atomic mass is 10.0. The Balaban J connectivity index is 1.74. The van der Waals surface area contributed by atoms with Gasteiger partial charge >= 0.3 is 0 Å². The van der Waals surface area contributed by atoms with Gasteiger partial charge in [-0.1, -0.05) is 18.2 Å². The van der Waals surface area contributed by atoms with Crippen LogP contribution in [0.4, 0.5) is 0 Å². The summed E-state index contributed by atoms with van der Waals surface area (Å²) in [6.45, 7) is 7.18. The molecule has 0 fully saturated rings. The first-order valence-corrected chi connectivity index (χ1v) is 9.96. The maximum atomic E-state index is 12.8. The molecule has 27 heavy (non-hydrogen) atoms. The number of ether oxygens (including phenoxy) is 2. The second kappa shape index (κ2) is 7.21. The minimum absolute atomic E-state index is 0.00775. The quantitative estimate of drug-likeness (QED) is 0.780. The SMILES string of the molecule is Cc1cc(C)c(C)c(S(=O)(=O)NNC(=O)C2COc3ccccc3O2)c1C. The van der Waals surface area contributed by atoms with E-state index >= 15 is 0 Å². The Kier molecular flexibility index (Phi) is 5.12. The maximum Gasteiger partial charge on any atom is 0.279 e. The van der Waals surface area contributed by atoms with Crippen molar-refractivity contribution in [1.82, 2.24) is 10.3 Å². The van der Waals surface area contributed by atoms with Crippen molar-refractivity contribution in [2.45, 2.75) is 38.7 Å². The van der Waals surface area contributed by atoms with Gasteiger partial charge in [0.05, 0.1) is 4.90 Å². The van der Waals surface area contributed by atoms with Crippen LogP contribution in [0.25, 0.3) is 0 Å². The summed E-state index contributed by atoms with van der Waals surface area (Å²) in [4.78, 5) is 14.7. The average Bonchev–Trinajstić information content (AvgIpc) is 2.64. The van der Waals surface area contributed by atoms with Gasteiger partial charge < -0.3 is 9.47 Å². The molecule has 1 aliphatic heterocycles. The Labute approximate surface area is 158 Å². The van der Waals surface area contributed by atoms with Gasteiger partial charge in [-0.25, -0.2) is 8.42 Å². The van der Waals surface area contributed by atoms with Crippen molar-refractivity contribution in [3.8, 4) is 11.5 Å². The predicted molar refractivity (Wildman–Crippen MR) is 100 cm³/mol. The third kappa shape index (κ3) is 3.77. The number of aryl methyl sites for hydroxylation is 2. The summed E-state index contributed by atoms with van der Waals surface area (Å²) in [6.07, 6.45) is -0.955. The highest BCUT2D eigenvalue weighted by molar-refractivity contribution is 7.89. The van der Waals surface area contributed by atoms with Crippen molar-refractivity contribution in [1.29, 1.82) is 0 Å². The van der Waals surface area contributed by atoms with Crippen LogP contribution in [0.5, 0.6) is 11.5 Å². The third-order valence-electron chi connectivity index (χ3n) is 4.68.